The van der Waals surface area contributed by atoms with E-state index in [1.807, 2.05) is 0 Å². The lowest BCUT2D eigenvalue weighted by Gasteiger charge is -2.18. The monoisotopic (exact) mass is 1040 g/mol. The van der Waals surface area contributed by atoms with Gasteiger partial charge < -0.3 is 14.2 Å². The second kappa shape index (κ2) is 62.1. The van der Waals surface area contributed by atoms with Crippen molar-refractivity contribution >= 4 is 17.9 Å². The molecule has 0 aliphatic carbocycles. The van der Waals surface area contributed by atoms with E-state index in [4.69, 9.17) is 14.2 Å². The van der Waals surface area contributed by atoms with Crippen molar-refractivity contribution in [3.63, 3.8) is 0 Å². The number of allylic oxidation sites excluding steroid dienone is 22. The third-order valence-electron chi connectivity index (χ3n) is 12.6. The lowest BCUT2D eigenvalue weighted by Crippen LogP contribution is -2.30. The maximum Gasteiger partial charge on any atom is 0.306 e. The van der Waals surface area contributed by atoms with Gasteiger partial charge in [-0.05, 0) is 122 Å². The van der Waals surface area contributed by atoms with Crippen molar-refractivity contribution < 1.29 is 28.6 Å². The molecule has 0 spiro atoms. The molecule has 0 bridgehead atoms. The molecule has 0 aliphatic heterocycles. The number of esters is 3. The zero-order valence-electron chi connectivity index (χ0n) is 48.5. The Balaban J connectivity index is 4.31. The number of unbranched alkanes of at least 4 members (excludes halogenated alkanes) is 21. The van der Waals surface area contributed by atoms with E-state index in [9.17, 15) is 14.4 Å². The van der Waals surface area contributed by atoms with Gasteiger partial charge >= 0.3 is 17.9 Å². The van der Waals surface area contributed by atoms with Gasteiger partial charge in [0.2, 0.25) is 0 Å². The van der Waals surface area contributed by atoms with Crippen LogP contribution in [0.25, 0.3) is 0 Å². The maximum absolute atomic E-state index is 12.8. The third kappa shape index (κ3) is 60.3. The fourth-order valence-corrected chi connectivity index (χ4v) is 8.05. The molecule has 0 saturated carbocycles. The Hall–Kier alpha value is -4.45. The topological polar surface area (TPSA) is 78.9 Å². The molecule has 0 N–H and O–H groups in total. The summed E-state index contributed by atoms with van der Waals surface area (Å²) >= 11 is 0. The minimum absolute atomic E-state index is 0.0964. The number of hydrogen-bond donors (Lipinski definition) is 0. The Kier molecular flexibility index (Phi) is 58.4. The molecule has 75 heavy (non-hydrogen) atoms. The van der Waals surface area contributed by atoms with Gasteiger partial charge in [0.15, 0.2) is 6.10 Å². The van der Waals surface area contributed by atoms with E-state index < -0.39 is 6.10 Å². The van der Waals surface area contributed by atoms with Crippen LogP contribution in [-0.2, 0) is 28.6 Å². The Morgan fingerprint density at radius 2 is 0.520 bits per heavy atom. The van der Waals surface area contributed by atoms with Gasteiger partial charge in [-0.25, -0.2) is 0 Å². The summed E-state index contributed by atoms with van der Waals surface area (Å²) < 4.78 is 16.8. The zero-order valence-corrected chi connectivity index (χ0v) is 48.5. The minimum Gasteiger partial charge on any atom is -0.462 e. The number of rotatable bonds is 54. The van der Waals surface area contributed by atoms with Crippen molar-refractivity contribution in [1.82, 2.24) is 0 Å². The lowest BCUT2D eigenvalue weighted by molar-refractivity contribution is -0.167. The van der Waals surface area contributed by atoms with Crippen molar-refractivity contribution in [2.75, 3.05) is 13.2 Å². The van der Waals surface area contributed by atoms with Crippen LogP contribution in [0.4, 0.5) is 0 Å². The molecule has 6 nitrogen and oxygen atoms in total. The summed E-state index contributed by atoms with van der Waals surface area (Å²) in [5, 5.41) is 0. The van der Waals surface area contributed by atoms with Gasteiger partial charge in [0.05, 0.1) is 0 Å². The van der Waals surface area contributed by atoms with E-state index in [-0.39, 0.29) is 31.1 Å². The van der Waals surface area contributed by atoms with Gasteiger partial charge in [0.25, 0.3) is 0 Å². The lowest BCUT2D eigenvalue weighted by atomic mass is 10.1. The highest BCUT2D eigenvalue weighted by Gasteiger charge is 2.19. The Morgan fingerprint density at radius 3 is 0.853 bits per heavy atom. The second-order valence-corrected chi connectivity index (χ2v) is 19.9. The van der Waals surface area contributed by atoms with Crippen molar-refractivity contribution in [3.8, 4) is 0 Å². The van der Waals surface area contributed by atoms with Gasteiger partial charge in [-0.1, -0.05) is 257 Å². The summed E-state index contributed by atoms with van der Waals surface area (Å²) in [6.07, 6.45) is 87.5. The minimum atomic E-state index is -0.801. The first-order chi connectivity index (χ1) is 37.0. The highest BCUT2D eigenvalue weighted by atomic mass is 16.6. The van der Waals surface area contributed by atoms with Crippen LogP contribution in [0, 0.1) is 0 Å². The van der Waals surface area contributed by atoms with Crippen LogP contribution >= 0.6 is 0 Å². The molecule has 6 heteroatoms. The first kappa shape index (κ1) is 70.5. The molecule has 0 amide bonds. The van der Waals surface area contributed by atoms with E-state index in [1.165, 1.54) is 89.9 Å². The molecule has 1 unspecified atom stereocenters. The molecule has 0 fully saturated rings. The molecule has 0 rings (SSSR count). The fraction of sp³-hybridized carbons (Fsp3) is 0.638. The summed E-state index contributed by atoms with van der Waals surface area (Å²) in [7, 11) is 0. The molecule has 0 radical (unpaired) electrons. The largest absolute Gasteiger partial charge is 0.462 e. The SMILES string of the molecule is CC/C=C\C/C=C\C/C=C\C/C=C\C/C=C\C/C=C\C/C=C\C/C=C\C/C=C\C/C=C\CCCCC(=O)OCC(COC(=O)CCCCCCCCCCC)OC(=O)CCCCCCC/C=C\CCCCCCCC. The molecule has 0 heterocycles. The van der Waals surface area contributed by atoms with Gasteiger partial charge in [-0.3, -0.25) is 14.4 Å². The van der Waals surface area contributed by atoms with Crippen molar-refractivity contribution in [2.45, 2.75) is 271 Å². The standard InChI is InChI=1S/C69H112O6/c1-4-7-10-13-16-19-21-23-25-26-27-28-29-30-31-32-33-34-35-36-37-38-39-40-41-42-44-45-47-50-53-56-59-62-68(71)74-65-66(64-73-67(70)61-58-55-52-49-18-15-12-9-6-3)75-69(72)63-60-57-54-51-48-46-43-24-22-20-17-14-11-8-5-2/h7,10,16,19,23-25,27-28,30-31,33-34,36-37,39-40,42-44,47,50,66H,4-6,8-9,11-15,17-18,20-22,26,29,32,35,38,41,45-46,48-49,51-65H2,1-3H3/b10-7-,19-16-,25-23-,28-27-,31-30-,34-33-,37-36-,40-39-,43-24-,44-42-,50-47-. The molecule has 1 atom stereocenters. The molecular formula is C69H112O6. The molecular weight excluding hydrogens is 925 g/mol. The Bertz CT molecular complexity index is 1620. The quantitative estimate of drug-likeness (QED) is 0.0261. The first-order valence-corrected chi connectivity index (χ1v) is 30.7. The maximum atomic E-state index is 12.8. The van der Waals surface area contributed by atoms with E-state index in [1.54, 1.807) is 0 Å². The molecule has 424 valence electrons. The second-order valence-electron chi connectivity index (χ2n) is 19.9. The Labute approximate surface area is 462 Å². The smallest absolute Gasteiger partial charge is 0.306 e. The highest BCUT2D eigenvalue weighted by Crippen LogP contribution is 2.14. The van der Waals surface area contributed by atoms with Crippen LogP contribution in [-0.4, -0.2) is 37.2 Å². The normalized spacial score (nSPS) is 13.1. The summed E-state index contributed by atoms with van der Waals surface area (Å²) in [6, 6.07) is 0. The third-order valence-corrected chi connectivity index (χ3v) is 12.6. The predicted molar refractivity (Wildman–Crippen MR) is 325 cm³/mol. The van der Waals surface area contributed by atoms with Gasteiger partial charge in [0.1, 0.15) is 13.2 Å². The summed E-state index contributed by atoms with van der Waals surface area (Å²) in [5.74, 6) is -0.955. The van der Waals surface area contributed by atoms with Crippen molar-refractivity contribution in [2.24, 2.45) is 0 Å². The fourth-order valence-electron chi connectivity index (χ4n) is 8.05. The zero-order chi connectivity index (χ0) is 54.3. The van der Waals surface area contributed by atoms with Crippen LogP contribution in [0.3, 0.4) is 0 Å². The van der Waals surface area contributed by atoms with Crippen LogP contribution in [0.2, 0.25) is 0 Å². The average Bonchev–Trinajstić information content (AvgIpc) is 3.41. The number of carbonyl (C=O) groups is 3. The molecule has 0 aromatic rings. The molecule has 0 aliphatic rings. The van der Waals surface area contributed by atoms with E-state index in [0.29, 0.717) is 25.7 Å². The predicted octanol–water partition coefficient (Wildman–Crippen LogP) is 21.0. The van der Waals surface area contributed by atoms with Gasteiger partial charge in [-0.2, -0.15) is 0 Å². The molecule has 0 aromatic heterocycles. The highest BCUT2D eigenvalue weighted by molar-refractivity contribution is 5.71. The molecule has 0 aromatic carbocycles. The van der Waals surface area contributed by atoms with Gasteiger partial charge in [0, 0.05) is 19.3 Å². The van der Waals surface area contributed by atoms with Crippen LogP contribution in [0.5, 0.6) is 0 Å². The molecule has 0 saturated heterocycles. The first-order valence-electron chi connectivity index (χ1n) is 30.7. The van der Waals surface area contributed by atoms with E-state index in [0.717, 1.165) is 128 Å². The average molecular weight is 1040 g/mol. The van der Waals surface area contributed by atoms with E-state index in [2.05, 4.69) is 154 Å². The summed E-state index contributed by atoms with van der Waals surface area (Å²) in [5.41, 5.74) is 0. The van der Waals surface area contributed by atoms with Crippen LogP contribution in [0.15, 0.2) is 134 Å². The van der Waals surface area contributed by atoms with Crippen molar-refractivity contribution in [1.29, 1.82) is 0 Å². The van der Waals surface area contributed by atoms with Crippen LogP contribution < -0.4 is 0 Å². The Morgan fingerprint density at radius 1 is 0.280 bits per heavy atom. The van der Waals surface area contributed by atoms with E-state index >= 15 is 0 Å². The number of carbonyl (C=O) groups excluding carboxylic acids is 3. The number of ether oxygens (including phenoxy) is 3. The van der Waals surface area contributed by atoms with Gasteiger partial charge in [-0.15, -0.1) is 0 Å². The number of hydrogen-bond acceptors (Lipinski definition) is 6. The van der Waals surface area contributed by atoms with Crippen LogP contribution in [0.1, 0.15) is 265 Å². The summed E-state index contributed by atoms with van der Waals surface area (Å²) in [6.45, 7) is 6.45. The van der Waals surface area contributed by atoms with Crippen molar-refractivity contribution in [3.05, 3.63) is 134 Å². The summed E-state index contributed by atoms with van der Waals surface area (Å²) in [4.78, 5) is 38.0.